The Kier molecular flexibility index (Phi) is 3.38. The zero-order chi connectivity index (χ0) is 12.4. The number of hydrogen-bond acceptors (Lipinski definition) is 4. The number of benzene rings is 1. The second-order valence-corrected chi connectivity index (χ2v) is 5.29. The number of β-lactam (4-membered cyclic amide) rings is 1. The van der Waals surface area contributed by atoms with E-state index in [0.29, 0.717) is 12.0 Å². The zero-order valence-corrected chi connectivity index (χ0v) is 10.6. The van der Waals surface area contributed by atoms with Gasteiger partial charge in [0, 0.05) is 25.3 Å². The molecule has 1 aliphatic rings. The number of nitrogens with one attached hydrogen (secondary N) is 1. The number of rotatable bonds is 3. The maximum Gasteiger partial charge on any atom is 0.223 e. The number of thioether (sulfide) groups is 1. The Hall–Kier alpha value is -1.49. The first-order valence-electron chi connectivity index (χ1n) is 5.34. The molecule has 2 rings (SSSR count). The molecule has 0 bridgehead atoms. The maximum absolute atomic E-state index is 11.9. The van der Waals surface area contributed by atoms with Crippen molar-refractivity contribution in [2.45, 2.75) is 11.8 Å². The van der Waals surface area contributed by atoms with Crippen molar-refractivity contribution in [3.63, 3.8) is 0 Å². The first-order chi connectivity index (χ1) is 8.06. The van der Waals surface area contributed by atoms with E-state index < -0.39 is 0 Å². The fourth-order valence-electron chi connectivity index (χ4n) is 1.51. The molecule has 1 aliphatic heterocycles. The molecule has 0 saturated carbocycles. The van der Waals surface area contributed by atoms with Crippen molar-refractivity contribution >= 4 is 28.5 Å². The summed E-state index contributed by atoms with van der Waals surface area (Å²) in [5.74, 6) is 0.0114. The first kappa shape index (κ1) is 12.0. The Balaban J connectivity index is 2.03. The molecule has 0 aliphatic carbocycles. The van der Waals surface area contributed by atoms with Gasteiger partial charge in [-0.05, 0) is 12.1 Å². The van der Waals surface area contributed by atoms with E-state index in [1.807, 2.05) is 37.2 Å². The molecule has 1 aromatic carbocycles. The molecule has 5 heteroatoms. The van der Waals surface area contributed by atoms with Gasteiger partial charge in [0.1, 0.15) is 0 Å². The molecular formula is C12H14N2O2S. The normalized spacial score (nSPS) is 18.2. The molecule has 1 heterocycles. The third-order valence-corrected chi connectivity index (χ3v) is 3.56. The van der Waals surface area contributed by atoms with Crippen LogP contribution in [-0.4, -0.2) is 30.5 Å². The second-order valence-electron chi connectivity index (χ2n) is 4.11. The van der Waals surface area contributed by atoms with Crippen LogP contribution in [0.1, 0.15) is 16.8 Å². The van der Waals surface area contributed by atoms with Crippen LogP contribution in [0.5, 0.6) is 0 Å². The summed E-state index contributed by atoms with van der Waals surface area (Å²) >= 11 is 1.17. The van der Waals surface area contributed by atoms with Gasteiger partial charge < -0.3 is 10.2 Å². The lowest BCUT2D eigenvalue weighted by Crippen LogP contribution is -2.46. The predicted molar refractivity (Wildman–Crippen MR) is 69.2 cm³/mol. The van der Waals surface area contributed by atoms with Gasteiger partial charge in [-0.1, -0.05) is 23.9 Å². The molecule has 1 N–H and O–H groups in total. The van der Waals surface area contributed by atoms with Crippen LogP contribution in [0.25, 0.3) is 0 Å². The number of hydrogen-bond donors (Lipinski definition) is 1. The molecule has 1 unspecified atom stereocenters. The predicted octanol–water partition coefficient (Wildman–Crippen LogP) is 1.47. The highest BCUT2D eigenvalue weighted by molar-refractivity contribution is 8.14. The Morgan fingerprint density at radius 2 is 2.18 bits per heavy atom. The smallest absolute Gasteiger partial charge is 0.223 e. The summed E-state index contributed by atoms with van der Waals surface area (Å²) < 4.78 is 0. The van der Waals surface area contributed by atoms with Gasteiger partial charge >= 0.3 is 0 Å². The van der Waals surface area contributed by atoms with Crippen LogP contribution >= 0.6 is 11.8 Å². The van der Waals surface area contributed by atoms with E-state index in [2.05, 4.69) is 5.32 Å². The highest BCUT2D eigenvalue weighted by Gasteiger charge is 2.28. The van der Waals surface area contributed by atoms with Gasteiger partial charge in [0.15, 0.2) is 0 Å². The zero-order valence-electron chi connectivity index (χ0n) is 9.77. The SMILES string of the molecule is CN(C)c1cccc(C(=O)SC2CC(=O)N2)c1. The van der Waals surface area contributed by atoms with Crippen LogP contribution in [0.3, 0.4) is 0 Å². The molecule has 4 nitrogen and oxygen atoms in total. The van der Waals surface area contributed by atoms with Crippen molar-refractivity contribution in [2.24, 2.45) is 0 Å². The van der Waals surface area contributed by atoms with Gasteiger partial charge in [0.2, 0.25) is 11.0 Å². The Bertz CT molecular complexity index is 452. The second kappa shape index (κ2) is 4.79. The minimum atomic E-state index is -0.0574. The monoisotopic (exact) mass is 250 g/mol. The van der Waals surface area contributed by atoms with Crippen LogP contribution < -0.4 is 10.2 Å². The van der Waals surface area contributed by atoms with E-state index in [4.69, 9.17) is 0 Å². The molecule has 0 aromatic heterocycles. The van der Waals surface area contributed by atoms with Crippen LogP contribution in [0.4, 0.5) is 5.69 Å². The molecule has 1 saturated heterocycles. The van der Waals surface area contributed by atoms with E-state index in [-0.39, 0.29) is 16.4 Å². The lowest BCUT2D eigenvalue weighted by Gasteiger charge is -2.25. The molecule has 1 aromatic rings. The van der Waals surface area contributed by atoms with Gasteiger partial charge in [-0.3, -0.25) is 9.59 Å². The highest BCUT2D eigenvalue weighted by atomic mass is 32.2. The van der Waals surface area contributed by atoms with Crippen LogP contribution in [0.2, 0.25) is 0 Å². The average Bonchev–Trinajstić information content (AvgIpc) is 2.27. The topological polar surface area (TPSA) is 49.4 Å². The Labute approximate surface area is 104 Å². The molecule has 1 atom stereocenters. The molecular weight excluding hydrogens is 236 g/mol. The van der Waals surface area contributed by atoms with Crippen molar-refractivity contribution in [3.05, 3.63) is 29.8 Å². The van der Waals surface area contributed by atoms with E-state index in [0.717, 1.165) is 5.69 Å². The van der Waals surface area contributed by atoms with E-state index in [1.165, 1.54) is 11.8 Å². The van der Waals surface area contributed by atoms with Crippen LogP contribution in [-0.2, 0) is 4.79 Å². The van der Waals surface area contributed by atoms with E-state index in [9.17, 15) is 9.59 Å². The lowest BCUT2D eigenvalue weighted by atomic mass is 10.2. The van der Waals surface area contributed by atoms with Gasteiger partial charge in [0.25, 0.3) is 0 Å². The van der Waals surface area contributed by atoms with Crippen molar-refractivity contribution in [1.82, 2.24) is 5.32 Å². The largest absolute Gasteiger partial charge is 0.378 e. The third kappa shape index (κ3) is 2.79. The van der Waals surface area contributed by atoms with E-state index in [1.54, 1.807) is 6.07 Å². The van der Waals surface area contributed by atoms with Gasteiger partial charge in [-0.25, -0.2) is 0 Å². The van der Waals surface area contributed by atoms with E-state index >= 15 is 0 Å². The van der Waals surface area contributed by atoms with Crippen LogP contribution in [0.15, 0.2) is 24.3 Å². The summed E-state index contributed by atoms with van der Waals surface area (Å²) in [5, 5.41) is 2.61. The Morgan fingerprint density at radius 1 is 1.47 bits per heavy atom. The molecule has 0 radical (unpaired) electrons. The fraction of sp³-hybridized carbons (Fsp3) is 0.333. The average molecular weight is 250 g/mol. The van der Waals surface area contributed by atoms with Crippen molar-refractivity contribution in [2.75, 3.05) is 19.0 Å². The van der Waals surface area contributed by atoms with Gasteiger partial charge in [-0.2, -0.15) is 0 Å². The third-order valence-electron chi connectivity index (χ3n) is 2.54. The van der Waals surface area contributed by atoms with Crippen molar-refractivity contribution < 1.29 is 9.59 Å². The number of carbonyl (C=O) groups is 2. The molecule has 1 amide bonds. The lowest BCUT2D eigenvalue weighted by molar-refractivity contribution is -0.126. The summed E-state index contributed by atoms with van der Waals surface area (Å²) in [5.41, 5.74) is 1.66. The molecule has 90 valence electrons. The summed E-state index contributed by atoms with van der Waals surface area (Å²) in [6, 6.07) is 7.47. The van der Waals surface area contributed by atoms with Crippen molar-refractivity contribution in [1.29, 1.82) is 0 Å². The summed E-state index contributed by atoms with van der Waals surface area (Å²) in [4.78, 5) is 24.6. The maximum atomic E-state index is 11.9. The Morgan fingerprint density at radius 3 is 2.76 bits per heavy atom. The molecule has 17 heavy (non-hydrogen) atoms. The number of carbonyl (C=O) groups excluding carboxylic acids is 2. The highest BCUT2D eigenvalue weighted by Crippen LogP contribution is 2.25. The molecule has 0 spiro atoms. The quantitative estimate of drug-likeness (QED) is 0.825. The summed E-state index contributed by atoms with van der Waals surface area (Å²) in [6.45, 7) is 0. The number of anilines is 1. The van der Waals surface area contributed by atoms with Gasteiger partial charge in [-0.15, -0.1) is 0 Å². The molecule has 1 fully saturated rings. The first-order valence-corrected chi connectivity index (χ1v) is 6.22. The van der Waals surface area contributed by atoms with Crippen molar-refractivity contribution in [3.8, 4) is 0 Å². The number of nitrogens with zero attached hydrogens (tertiary/aromatic N) is 1. The summed E-state index contributed by atoms with van der Waals surface area (Å²) in [6.07, 6.45) is 0.434. The standard InChI is InChI=1S/C12H14N2O2S/c1-14(2)9-5-3-4-8(6-9)12(16)17-11-7-10(15)13-11/h3-6,11H,7H2,1-2H3,(H,13,15). The minimum Gasteiger partial charge on any atom is -0.378 e. The summed E-state index contributed by atoms with van der Waals surface area (Å²) in [7, 11) is 3.87. The number of amides is 1. The van der Waals surface area contributed by atoms with Gasteiger partial charge in [0.05, 0.1) is 11.8 Å². The van der Waals surface area contributed by atoms with Crippen LogP contribution in [0, 0.1) is 0 Å². The minimum absolute atomic E-state index is 0.00120. The fourth-order valence-corrected chi connectivity index (χ4v) is 2.45.